The van der Waals surface area contributed by atoms with Crippen LogP contribution in [0.2, 0.25) is 0 Å². The van der Waals surface area contributed by atoms with Gasteiger partial charge in [0.1, 0.15) is 12.2 Å². The molecule has 0 aromatic carbocycles. The standard InChI is InChI=1S/C15H22O4/c1-5-7(2)13(16)18-11-9-6-8-10(15(9,3)4)12(11)19-14(8)17/h7-12H,5-6H2,1-4H3. The Kier molecular flexibility index (Phi) is 2.70. The molecule has 1 aliphatic heterocycles. The summed E-state index contributed by atoms with van der Waals surface area (Å²) in [6.07, 6.45) is 1.14. The van der Waals surface area contributed by atoms with Crippen LogP contribution in [0.3, 0.4) is 0 Å². The van der Waals surface area contributed by atoms with E-state index in [0.717, 1.165) is 12.8 Å². The maximum atomic E-state index is 12.0. The lowest BCUT2D eigenvalue weighted by atomic mass is 9.80. The number of hydrogen-bond donors (Lipinski definition) is 0. The summed E-state index contributed by atoms with van der Waals surface area (Å²) < 4.78 is 11.2. The molecule has 2 bridgehead atoms. The fraction of sp³-hybridized carbons (Fsp3) is 0.867. The molecule has 2 saturated carbocycles. The normalized spacial score (nSPS) is 43.2. The number of fused-ring (bicyclic) bond motifs is 1. The van der Waals surface area contributed by atoms with Gasteiger partial charge in [-0.1, -0.05) is 27.7 Å². The smallest absolute Gasteiger partial charge is 0.309 e. The molecule has 4 nitrogen and oxygen atoms in total. The van der Waals surface area contributed by atoms with Crippen molar-refractivity contribution in [3.8, 4) is 0 Å². The van der Waals surface area contributed by atoms with Gasteiger partial charge in [-0.05, 0) is 18.3 Å². The number of rotatable bonds is 3. The molecule has 4 heteroatoms. The molecule has 6 atom stereocenters. The molecule has 3 aliphatic rings. The number of hydrogen-bond acceptors (Lipinski definition) is 4. The van der Waals surface area contributed by atoms with E-state index in [0.29, 0.717) is 0 Å². The Morgan fingerprint density at radius 2 is 2.21 bits per heavy atom. The molecule has 0 aromatic rings. The lowest BCUT2D eigenvalue weighted by Gasteiger charge is -2.27. The Labute approximate surface area is 113 Å². The van der Waals surface area contributed by atoms with Crippen LogP contribution < -0.4 is 0 Å². The van der Waals surface area contributed by atoms with Crippen molar-refractivity contribution in [1.82, 2.24) is 0 Å². The van der Waals surface area contributed by atoms with Crippen LogP contribution in [-0.2, 0) is 19.1 Å². The van der Waals surface area contributed by atoms with E-state index in [-0.39, 0.29) is 53.2 Å². The molecule has 0 spiro atoms. The lowest BCUT2D eigenvalue weighted by Crippen LogP contribution is -2.37. The molecular weight excluding hydrogens is 244 g/mol. The van der Waals surface area contributed by atoms with Crippen LogP contribution in [0, 0.1) is 29.1 Å². The van der Waals surface area contributed by atoms with Gasteiger partial charge in [0, 0.05) is 11.8 Å². The molecule has 1 saturated heterocycles. The van der Waals surface area contributed by atoms with E-state index >= 15 is 0 Å². The molecule has 0 aromatic heterocycles. The highest BCUT2D eigenvalue weighted by Gasteiger charge is 2.71. The highest BCUT2D eigenvalue weighted by Crippen LogP contribution is 2.65. The molecule has 0 N–H and O–H groups in total. The van der Waals surface area contributed by atoms with Crippen LogP contribution >= 0.6 is 0 Å². The minimum atomic E-state index is -0.232. The Bertz CT molecular complexity index is 428. The fourth-order valence-corrected chi connectivity index (χ4v) is 4.30. The third kappa shape index (κ3) is 1.58. The van der Waals surface area contributed by atoms with Crippen molar-refractivity contribution in [2.24, 2.45) is 29.1 Å². The van der Waals surface area contributed by atoms with Crippen LogP contribution in [0.15, 0.2) is 0 Å². The van der Waals surface area contributed by atoms with Crippen molar-refractivity contribution in [2.45, 2.75) is 52.7 Å². The van der Waals surface area contributed by atoms with Crippen molar-refractivity contribution < 1.29 is 19.1 Å². The van der Waals surface area contributed by atoms with E-state index in [1.54, 1.807) is 0 Å². The van der Waals surface area contributed by atoms with Crippen LogP contribution in [-0.4, -0.2) is 24.1 Å². The van der Waals surface area contributed by atoms with Crippen LogP contribution in [0.4, 0.5) is 0 Å². The zero-order chi connectivity index (χ0) is 13.9. The summed E-state index contributed by atoms with van der Waals surface area (Å²) in [7, 11) is 0. The van der Waals surface area contributed by atoms with Crippen molar-refractivity contribution in [3.05, 3.63) is 0 Å². The van der Waals surface area contributed by atoms with E-state index in [4.69, 9.17) is 9.47 Å². The summed E-state index contributed by atoms with van der Waals surface area (Å²) in [4.78, 5) is 23.9. The Morgan fingerprint density at radius 1 is 1.53 bits per heavy atom. The quantitative estimate of drug-likeness (QED) is 0.735. The molecule has 1 heterocycles. The molecule has 6 unspecified atom stereocenters. The predicted molar refractivity (Wildman–Crippen MR) is 68.1 cm³/mol. The van der Waals surface area contributed by atoms with Crippen molar-refractivity contribution in [1.29, 1.82) is 0 Å². The Balaban J connectivity index is 1.82. The van der Waals surface area contributed by atoms with Crippen molar-refractivity contribution >= 4 is 11.9 Å². The van der Waals surface area contributed by atoms with Gasteiger partial charge in [-0.3, -0.25) is 9.59 Å². The summed E-state index contributed by atoms with van der Waals surface area (Å²) in [5.41, 5.74) is 0.0297. The lowest BCUT2D eigenvalue weighted by molar-refractivity contribution is -0.165. The highest BCUT2D eigenvalue weighted by molar-refractivity contribution is 5.78. The summed E-state index contributed by atoms with van der Waals surface area (Å²) in [5, 5.41) is 0. The second-order valence-corrected chi connectivity index (χ2v) is 6.91. The van der Waals surface area contributed by atoms with E-state index in [1.165, 1.54) is 0 Å². The first kappa shape index (κ1) is 12.9. The van der Waals surface area contributed by atoms with E-state index < -0.39 is 0 Å². The molecule has 2 aliphatic carbocycles. The fourth-order valence-electron chi connectivity index (χ4n) is 4.30. The third-order valence-corrected chi connectivity index (χ3v) is 5.65. The second kappa shape index (κ2) is 3.97. The van der Waals surface area contributed by atoms with Crippen LogP contribution in [0.25, 0.3) is 0 Å². The molecular formula is C15H22O4. The number of carbonyl (C=O) groups excluding carboxylic acids is 2. The molecule has 0 amide bonds. The predicted octanol–water partition coefficient (Wildman–Crippen LogP) is 2.16. The largest absolute Gasteiger partial charge is 0.458 e. The number of ether oxygens (including phenoxy) is 2. The molecule has 19 heavy (non-hydrogen) atoms. The van der Waals surface area contributed by atoms with Gasteiger partial charge in [-0.15, -0.1) is 0 Å². The average molecular weight is 266 g/mol. The average Bonchev–Trinajstić information content (AvgIpc) is 2.85. The summed E-state index contributed by atoms with van der Waals surface area (Å²) >= 11 is 0. The maximum Gasteiger partial charge on any atom is 0.309 e. The Morgan fingerprint density at radius 3 is 2.84 bits per heavy atom. The van der Waals surface area contributed by atoms with Crippen molar-refractivity contribution in [3.63, 3.8) is 0 Å². The zero-order valence-corrected chi connectivity index (χ0v) is 12.0. The topological polar surface area (TPSA) is 52.6 Å². The van der Waals surface area contributed by atoms with Gasteiger partial charge < -0.3 is 9.47 Å². The van der Waals surface area contributed by atoms with Gasteiger partial charge >= 0.3 is 11.9 Å². The summed E-state index contributed by atoms with van der Waals surface area (Å²) in [6, 6.07) is 0. The number of esters is 2. The SMILES string of the molecule is CCC(C)C(=O)OC1C2OC(=O)C3CC1C(C)(C)C32. The minimum absolute atomic E-state index is 0.0297. The van der Waals surface area contributed by atoms with Gasteiger partial charge in [0.15, 0.2) is 0 Å². The van der Waals surface area contributed by atoms with E-state index in [1.807, 2.05) is 13.8 Å². The highest BCUT2D eigenvalue weighted by atomic mass is 16.6. The van der Waals surface area contributed by atoms with Crippen LogP contribution in [0.1, 0.15) is 40.5 Å². The van der Waals surface area contributed by atoms with Crippen LogP contribution in [0.5, 0.6) is 0 Å². The van der Waals surface area contributed by atoms with Gasteiger partial charge in [-0.2, -0.15) is 0 Å². The number of carbonyl (C=O) groups is 2. The first-order valence-electron chi connectivity index (χ1n) is 7.29. The van der Waals surface area contributed by atoms with Gasteiger partial charge in [0.2, 0.25) is 0 Å². The summed E-state index contributed by atoms with van der Waals surface area (Å²) in [5.74, 6) is 0.174. The second-order valence-electron chi connectivity index (χ2n) is 6.91. The van der Waals surface area contributed by atoms with E-state index in [2.05, 4.69) is 13.8 Å². The molecule has 0 radical (unpaired) electrons. The van der Waals surface area contributed by atoms with Crippen molar-refractivity contribution in [2.75, 3.05) is 0 Å². The summed E-state index contributed by atoms with van der Waals surface area (Å²) in [6.45, 7) is 8.20. The molecule has 3 rings (SSSR count). The maximum absolute atomic E-state index is 12.0. The van der Waals surface area contributed by atoms with Gasteiger partial charge in [0.05, 0.1) is 11.8 Å². The Hall–Kier alpha value is -1.06. The zero-order valence-electron chi connectivity index (χ0n) is 12.0. The van der Waals surface area contributed by atoms with Gasteiger partial charge in [0.25, 0.3) is 0 Å². The first-order chi connectivity index (χ1) is 8.87. The van der Waals surface area contributed by atoms with E-state index in [9.17, 15) is 9.59 Å². The molecule has 106 valence electrons. The third-order valence-electron chi connectivity index (χ3n) is 5.65. The minimum Gasteiger partial charge on any atom is -0.458 e. The molecule has 3 fully saturated rings. The monoisotopic (exact) mass is 266 g/mol. The first-order valence-corrected chi connectivity index (χ1v) is 7.29. The van der Waals surface area contributed by atoms with Gasteiger partial charge in [-0.25, -0.2) is 0 Å².